The minimum Gasteiger partial charge on any atom is -0.493 e. The molecule has 0 amide bonds. The number of piperidine rings is 1. The van der Waals surface area contributed by atoms with Crippen LogP contribution in [0.15, 0.2) is 18.5 Å². The molecule has 4 rings (SSSR count). The summed E-state index contributed by atoms with van der Waals surface area (Å²) in [5, 5.41) is 20.3. The van der Waals surface area contributed by atoms with Crippen LogP contribution in [0.1, 0.15) is 38.8 Å². The molecule has 168 valence electrons. The van der Waals surface area contributed by atoms with Crippen molar-refractivity contribution in [1.82, 2.24) is 24.9 Å². The molecule has 1 aliphatic heterocycles. The number of hydrogen-bond acceptors (Lipinski definition) is 7. The highest BCUT2D eigenvalue weighted by Gasteiger charge is 2.26. The van der Waals surface area contributed by atoms with Gasteiger partial charge in [0.25, 0.3) is 0 Å². The van der Waals surface area contributed by atoms with E-state index in [-0.39, 0.29) is 28.4 Å². The Labute approximate surface area is 179 Å². The molecule has 1 aliphatic rings. The number of hydrogen-bond donors (Lipinski definition) is 3. The van der Waals surface area contributed by atoms with Gasteiger partial charge in [-0.3, -0.25) is 0 Å². The van der Waals surface area contributed by atoms with Crippen LogP contribution < -0.4 is 15.4 Å². The van der Waals surface area contributed by atoms with E-state index in [1.54, 1.807) is 13.8 Å². The molecule has 3 aromatic rings. The van der Waals surface area contributed by atoms with Crippen molar-refractivity contribution in [2.24, 2.45) is 0 Å². The summed E-state index contributed by atoms with van der Waals surface area (Å²) in [4.78, 5) is 8.35. The Kier molecular flexibility index (Phi) is 7.01. The van der Waals surface area contributed by atoms with E-state index in [1.807, 2.05) is 0 Å². The van der Waals surface area contributed by atoms with Gasteiger partial charge < -0.3 is 20.5 Å². The van der Waals surface area contributed by atoms with Gasteiger partial charge >= 0.3 is 0 Å². The van der Waals surface area contributed by atoms with Gasteiger partial charge in [-0.1, -0.05) is 6.42 Å². The summed E-state index contributed by atoms with van der Waals surface area (Å²) < 4.78 is 34.5. The zero-order valence-corrected chi connectivity index (χ0v) is 18.2. The van der Waals surface area contributed by atoms with Crippen LogP contribution in [0.5, 0.6) is 5.75 Å². The maximum atomic E-state index is 14.3. The second-order valence-electron chi connectivity index (χ2n) is 7.75. The molecular weight excluding hydrogens is 406 g/mol. The van der Waals surface area contributed by atoms with Gasteiger partial charge in [0.05, 0.1) is 25.1 Å². The molecule has 0 radical (unpaired) electrons. The van der Waals surface area contributed by atoms with Crippen molar-refractivity contribution in [3.05, 3.63) is 35.8 Å². The summed E-state index contributed by atoms with van der Waals surface area (Å²) in [6.45, 7) is 5.61. The molecule has 0 atom stereocenters. The summed E-state index contributed by atoms with van der Waals surface area (Å²) >= 11 is 0. The second-order valence-corrected chi connectivity index (χ2v) is 7.75. The van der Waals surface area contributed by atoms with E-state index in [1.165, 1.54) is 63.4 Å². The van der Waals surface area contributed by atoms with Crippen LogP contribution in [-0.2, 0) is 5.60 Å². The first-order chi connectivity index (χ1) is 14.8. The van der Waals surface area contributed by atoms with E-state index in [2.05, 4.69) is 25.7 Å². The fourth-order valence-electron chi connectivity index (χ4n) is 3.28. The van der Waals surface area contributed by atoms with Crippen molar-refractivity contribution in [3.8, 4) is 17.0 Å². The Morgan fingerprint density at radius 2 is 1.87 bits per heavy atom. The molecule has 10 heteroatoms. The fraction of sp³-hybridized carbons (Fsp3) is 0.476. The lowest BCUT2D eigenvalue weighted by Gasteiger charge is -2.19. The van der Waals surface area contributed by atoms with Crippen molar-refractivity contribution in [1.29, 1.82) is 0 Å². The van der Waals surface area contributed by atoms with Gasteiger partial charge in [-0.05, 0) is 39.8 Å². The standard InChI is InChI=1S/C16H17F2N5O2.C5H11N/c1-16(2,24)13-11(25-4)7-23-15(22-13)8(6-20-23)12-9(17)5-10(18)14(19-3)21-12;1-2-4-6-5-3-1/h5-7,24H,1-4H3,(H,19,21);6H,1-5H2. The summed E-state index contributed by atoms with van der Waals surface area (Å²) in [5.41, 5.74) is -0.597. The van der Waals surface area contributed by atoms with Crippen molar-refractivity contribution < 1.29 is 18.6 Å². The van der Waals surface area contributed by atoms with Crippen LogP contribution in [0.2, 0.25) is 0 Å². The van der Waals surface area contributed by atoms with E-state index in [0.29, 0.717) is 5.75 Å². The van der Waals surface area contributed by atoms with E-state index < -0.39 is 17.2 Å². The maximum Gasteiger partial charge on any atom is 0.168 e. The predicted molar refractivity (Wildman–Crippen MR) is 114 cm³/mol. The number of anilines is 1. The Bertz CT molecular complexity index is 1030. The predicted octanol–water partition coefficient (Wildman–Crippen LogP) is 3.11. The van der Waals surface area contributed by atoms with Crippen LogP contribution in [0, 0.1) is 11.6 Å². The molecule has 0 saturated carbocycles. The summed E-state index contributed by atoms with van der Waals surface area (Å²) in [7, 11) is 2.93. The Hall–Kier alpha value is -2.85. The molecule has 0 aliphatic carbocycles. The third-order valence-corrected chi connectivity index (χ3v) is 4.89. The lowest BCUT2D eigenvalue weighted by molar-refractivity contribution is 0.0707. The molecule has 1 saturated heterocycles. The molecule has 0 bridgehead atoms. The van der Waals surface area contributed by atoms with Crippen LogP contribution in [0.4, 0.5) is 14.6 Å². The first-order valence-corrected chi connectivity index (χ1v) is 10.2. The average molecular weight is 434 g/mol. The topological polar surface area (TPSA) is 96.6 Å². The van der Waals surface area contributed by atoms with Crippen LogP contribution in [0.3, 0.4) is 0 Å². The van der Waals surface area contributed by atoms with Gasteiger partial charge in [0.15, 0.2) is 28.8 Å². The van der Waals surface area contributed by atoms with Crippen molar-refractivity contribution in [2.75, 3.05) is 32.6 Å². The number of nitrogens with one attached hydrogen (secondary N) is 2. The molecule has 31 heavy (non-hydrogen) atoms. The molecule has 0 spiro atoms. The van der Waals surface area contributed by atoms with Crippen LogP contribution >= 0.6 is 0 Å². The third kappa shape index (κ3) is 5.08. The van der Waals surface area contributed by atoms with Crippen LogP contribution in [-0.4, -0.2) is 51.9 Å². The number of ether oxygens (including phenoxy) is 1. The molecule has 4 heterocycles. The lowest BCUT2D eigenvalue weighted by atomic mass is 10.0. The summed E-state index contributed by atoms with van der Waals surface area (Å²) in [6, 6.07) is 0.748. The smallest absolute Gasteiger partial charge is 0.168 e. The number of aliphatic hydroxyl groups is 1. The Balaban J connectivity index is 0.000000391. The van der Waals surface area contributed by atoms with E-state index in [9.17, 15) is 13.9 Å². The first kappa shape index (κ1) is 22.8. The molecule has 3 aromatic heterocycles. The van der Waals surface area contributed by atoms with Crippen LogP contribution in [0.25, 0.3) is 16.9 Å². The van der Waals surface area contributed by atoms with Crippen molar-refractivity contribution >= 4 is 11.5 Å². The maximum absolute atomic E-state index is 14.3. The largest absolute Gasteiger partial charge is 0.493 e. The first-order valence-electron chi connectivity index (χ1n) is 10.2. The lowest BCUT2D eigenvalue weighted by Crippen LogP contribution is -2.21. The van der Waals surface area contributed by atoms with Crippen molar-refractivity contribution in [3.63, 3.8) is 0 Å². The quantitative estimate of drug-likeness (QED) is 0.581. The number of aromatic nitrogens is 4. The number of methoxy groups -OCH3 is 1. The van der Waals surface area contributed by atoms with E-state index in [0.717, 1.165) is 6.07 Å². The summed E-state index contributed by atoms with van der Waals surface area (Å²) in [6.07, 6.45) is 7.12. The Morgan fingerprint density at radius 3 is 2.39 bits per heavy atom. The molecule has 0 unspecified atom stereocenters. The molecular formula is C21H28F2N6O2. The van der Waals surface area contributed by atoms with Gasteiger partial charge in [-0.2, -0.15) is 5.10 Å². The highest BCUT2D eigenvalue weighted by atomic mass is 19.1. The zero-order chi connectivity index (χ0) is 22.6. The number of rotatable bonds is 4. The zero-order valence-electron chi connectivity index (χ0n) is 18.2. The van der Waals surface area contributed by atoms with E-state index >= 15 is 0 Å². The van der Waals surface area contributed by atoms with Gasteiger partial charge in [0.2, 0.25) is 0 Å². The number of halogens is 2. The number of nitrogens with zero attached hydrogens (tertiary/aromatic N) is 4. The molecule has 0 aromatic carbocycles. The highest BCUT2D eigenvalue weighted by Crippen LogP contribution is 2.32. The molecule has 1 fully saturated rings. The summed E-state index contributed by atoms with van der Waals surface area (Å²) in [5.74, 6) is -1.40. The third-order valence-electron chi connectivity index (χ3n) is 4.89. The van der Waals surface area contributed by atoms with E-state index in [4.69, 9.17) is 4.74 Å². The number of fused-ring (bicyclic) bond motifs is 1. The highest BCUT2D eigenvalue weighted by molar-refractivity contribution is 5.76. The Morgan fingerprint density at radius 1 is 1.16 bits per heavy atom. The van der Waals surface area contributed by atoms with Gasteiger partial charge in [-0.25, -0.2) is 23.3 Å². The molecule has 3 N–H and O–H groups in total. The molecule has 8 nitrogen and oxygen atoms in total. The van der Waals surface area contributed by atoms with Gasteiger partial charge in [0, 0.05) is 13.1 Å². The van der Waals surface area contributed by atoms with Gasteiger partial charge in [0.1, 0.15) is 17.0 Å². The van der Waals surface area contributed by atoms with Crippen molar-refractivity contribution in [2.45, 2.75) is 38.7 Å². The minimum absolute atomic E-state index is 0.0908. The average Bonchev–Trinajstić information content (AvgIpc) is 3.17. The van der Waals surface area contributed by atoms with Gasteiger partial charge in [-0.15, -0.1) is 0 Å². The SMILES string of the molecule is C1CCNCC1.CNc1nc(-c2cnn3cc(OC)c(C(C)(C)O)nc23)c(F)cc1F. The minimum atomic E-state index is -1.29. The second kappa shape index (κ2) is 9.52. The fourth-order valence-corrected chi connectivity index (χ4v) is 3.28. The monoisotopic (exact) mass is 434 g/mol. The normalized spacial score (nSPS) is 14.2. The number of pyridine rings is 1.